The number of aryl methyl sites for hydroxylation is 1. The Morgan fingerprint density at radius 2 is 1.79 bits per heavy atom. The van der Waals surface area contributed by atoms with Crippen molar-refractivity contribution in [2.24, 2.45) is 0 Å². The number of hydrogen-bond acceptors (Lipinski definition) is 5. The first kappa shape index (κ1) is 19.6. The summed E-state index contributed by atoms with van der Waals surface area (Å²) < 4.78 is 20.2. The molecule has 1 aromatic heterocycles. The first-order chi connectivity index (χ1) is 14.1. The molecular weight excluding hydrogens is 439 g/mol. The van der Waals surface area contributed by atoms with Gasteiger partial charge in [-0.25, -0.2) is 4.39 Å². The number of aromatic nitrogens is 2. The van der Waals surface area contributed by atoms with Gasteiger partial charge in [0.1, 0.15) is 5.82 Å². The Morgan fingerprint density at radius 3 is 2.52 bits per heavy atom. The standard InChI is InChI=1S/C21H20BrFN4O2/c22-16-7-5-15(6-8-16)21-24-19(29-25-21)9-10-20(28)27-13-11-26(12-14-27)18-4-2-1-3-17(18)23/h1-8H,9-14H2. The third-order valence-corrected chi connectivity index (χ3v) is 5.48. The van der Waals surface area contributed by atoms with Gasteiger partial charge in [-0.3, -0.25) is 4.79 Å². The molecule has 1 aliphatic rings. The van der Waals surface area contributed by atoms with E-state index in [1.165, 1.54) is 6.07 Å². The van der Waals surface area contributed by atoms with Crippen LogP contribution in [0.2, 0.25) is 0 Å². The third-order valence-electron chi connectivity index (χ3n) is 4.95. The van der Waals surface area contributed by atoms with Crippen LogP contribution in [0.3, 0.4) is 0 Å². The molecule has 3 aromatic rings. The lowest BCUT2D eigenvalue weighted by molar-refractivity contribution is -0.131. The summed E-state index contributed by atoms with van der Waals surface area (Å²) in [7, 11) is 0. The van der Waals surface area contributed by atoms with E-state index in [4.69, 9.17) is 4.52 Å². The largest absolute Gasteiger partial charge is 0.366 e. The summed E-state index contributed by atoms with van der Waals surface area (Å²) in [6.07, 6.45) is 0.706. The molecule has 0 N–H and O–H groups in total. The van der Waals surface area contributed by atoms with Crippen molar-refractivity contribution in [2.75, 3.05) is 31.1 Å². The molecule has 1 saturated heterocycles. The number of carbonyl (C=O) groups is 1. The fraction of sp³-hybridized carbons (Fsp3) is 0.286. The highest BCUT2D eigenvalue weighted by molar-refractivity contribution is 9.10. The Bertz CT molecular complexity index is 984. The number of nitrogens with zero attached hydrogens (tertiary/aromatic N) is 4. The van der Waals surface area contributed by atoms with E-state index in [1.54, 1.807) is 12.1 Å². The molecule has 0 saturated carbocycles. The Kier molecular flexibility index (Phi) is 5.89. The van der Waals surface area contributed by atoms with Gasteiger partial charge in [-0.15, -0.1) is 0 Å². The van der Waals surface area contributed by atoms with Gasteiger partial charge in [-0.05, 0) is 36.4 Å². The molecule has 8 heteroatoms. The van der Waals surface area contributed by atoms with Crippen LogP contribution in [-0.4, -0.2) is 47.1 Å². The average molecular weight is 459 g/mol. The first-order valence-corrected chi connectivity index (χ1v) is 10.3. The Balaban J connectivity index is 1.29. The van der Waals surface area contributed by atoms with Gasteiger partial charge in [0.05, 0.1) is 5.69 Å². The molecule has 29 heavy (non-hydrogen) atoms. The van der Waals surface area contributed by atoms with E-state index in [9.17, 15) is 9.18 Å². The maximum atomic E-state index is 13.9. The topological polar surface area (TPSA) is 62.5 Å². The second-order valence-electron chi connectivity index (χ2n) is 6.84. The molecule has 0 atom stereocenters. The maximum absolute atomic E-state index is 13.9. The Labute approximate surface area is 176 Å². The molecule has 0 radical (unpaired) electrons. The van der Waals surface area contributed by atoms with E-state index in [2.05, 4.69) is 26.1 Å². The van der Waals surface area contributed by atoms with Gasteiger partial charge in [0.25, 0.3) is 0 Å². The van der Waals surface area contributed by atoms with E-state index in [-0.39, 0.29) is 11.7 Å². The number of amides is 1. The van der Waals surface area contributed by atoms with Crippen LogP contribution >= 0.6 is 15.9 Å². The Morgan fingerprint density at radius 1 is 1.07 bits per heavy atom. The van der Waals surface area contributed by atoms with Crippen molar-refractivity contribution < 1.29 is 13.7 Å². The number of benzene rings is 2. The van der Waals surface area contributed by atoms with Crippen LogP contribution in [0, 0.1) is 5.82 Å². The molecule has 150 valence electrons. The van der Waals surface area contributed by atoms with Crippen molar-refractivity contribution in [1.82, 2.24) is 15.0 Å². The quantitative estimate of drug-likeness (QED) is 0.579. The summed E-state index contributed by atoms with van der Waals surface area (Å²) in [4.78, 5) is 20.7. The van der Waals surface area contributed by atoms with Crippen LogP contribution in [0.5, 0.6) is 0 Å². The van der Waals surface area contributed by atoms with Crippen molar-refractivity contribution in [3.8, 4) is 11.4 Å². The van der Waals surface area contributed by atoms with Crippen LogP contribution in [0.25, 0.3) is 11.4 Å². The summed E-state index contributed by atoms with van der Waals surface area (Å²) in [5.74, 6) is 0.770. The minimum absolute atomic E-state index is 0.0431. The average Bonchev–Trinajstić information content (AvgIpc) is 3.22. The number of anilines is 1. The molecule has 1 aliphatic heterocycles. The molecule has 4 rings (SSSR count). The summed E-state index contributed by atoms with van der Waals surface area (Å²) in [5.41, 5.74) is 1.45. The van der Waals surface area contributed by atoms with Gasteiger partial charge < -0.3 is 14.3 Å². The molecule has 2 heterocycles. The lowest BCUT2D eigenvalue weighted by atomic mass is 10.2. The van der Waals surface area contributed by atoms with Crippen LogP contribution in [0.15, 0.2) is 57.5 Å². The molecule has 0 unspecified atom stereocenters. The van der Waals surface area contributed by atoms with E-state index in [0.29, 0.717) is 56.4 Å². The lowest BCUT2D eigenvalue weighted by Gasteiger charge is -2.36. The minimum Gasteiger partial charge on any atom is -0.366 e. The third kappa shape index (κ3) is 4.64. The molecule has 1 amide bonds. The van der Waals surface area contributed by atoms with Crippen molar-refractivity contribution in [3.63, 3.8) is 0 Å². The van der Waals surface area contributed by atoms with Crippen molar-refractivity contribution in [1.29, 1.82) is 0 Å². The maximum Gasteiger partial charge on any atom is 0.227 e. The SMILES string of the molecule is O=C(CCc1nc(-c2ccc(Br)cc2)no1)N1CCN(c2ccccc2F)CC1. The van der Waals surface area contributed by atoms with Gasteiger partial charge in [0, 0.05) is 49.1 Å². The molecular formula is C21H20BrFN4O2. The molecule has 0 bridgehead atoms. The predicted octanol–water partition coefficient (Wildman–Crippen LogP) is 3.92. The lowest BCUT2D eigenvalue weighted by Crippen LogP contribution is -2.49. The van der Waals surface area contributed by atoms with Crippen molar-refractivity contribution in [3.05, 3.63) is 64.7 Å². The second-order valence-corrected chi connectivity index (χ2v) is 7.75. The fourth-order valence-corrected chi connectivity index (χ4v) is 3.61. The van der Waals surface area contributed by atoms with Gasteiger partial charge >= 0.3 is 0 Å². The number of hydrogen-bond donors (Lipinski definition) is 0. The highest BCUT2D eigenvalue weighted by Gasteiger charge is 2.23. The monoisotopic (exact) mass is 458 g/mol. The summed E-state index contributed by atoms with van der Waals surface area (Å²) in [5, 5.41) is 3.99. The van der Waals surface area contributed by atoms with Crippen LogP contribution in [0.4, 0.5) is 10.1 Å². The molecule has 6 nitrogen and oxygen atoms in total. The summed E-state index contributed by atoms with van der Waals surface area (Å²) >= 11 is 3.39. The van der Waals surface area contributed by atoms with Crippen LogP contribution < -0.4 is 4.90 Å². The van der Waals surface area contributed by atoms with E-state index in [0.717, 1.165) is 10.0 Å². The molecule has 1 fully saturated rings. The smallest absolute Gasteiger partial charge is 0.227 e. The number of halogens is 2. The number of piperazine rings is 1. The predicted molar refractivity (Wildman–Crippen MR) is 111 cm³/mol. The van der Waals surface area contributed by atoms with Crippen molar-refractivity contribution in [2.45, 2.75) is 12.8 Å². The molecule has 0 aliphatic carbocycles. The second kappa shape index (κ2) is 8.73. The summed E-state index contributed by atoms with van der Waals surface area (Å²) in [6.45, 7) is 2.37. The normalized spacial score (nSPS) is 14.3. The van der Waals surface area contributed by atoms with Crippen molar-refractivity contribution >= 4 is 27.5 Å². The van der Waals surface area contributed by atoms with E-state index < -0.39 is 0 Å². The number of carbonyl (C=O) groups excluding carboxylic acids is 1. The summed E-state index contributed by atoms with van der Waals surface area (Å²) in [6, 6.07) is 14.4. The molecule has 0 spiro atoms. The minimum atomic E-state index is -0.231. The first-order valence-electron chi connectivity index (χ1n) is 9.46. The number of rotatable bonds is 5. The van der Waals surface area contributed by atoms with Gasteiger partial charge in [0.15, 0.2) is 0 Å². The highest BCUT2D eigenvalue weighted by atomic mass is 79.9. The van der Waals surface area contributed by atoms with Crippen LogP contribution in [-0.2, 0) is 11.2 Å². The van der Waals surface area contributed by atoms with Gasteiger partial charge in [-0.2, -0.15) is 4.98 Å². The zero-order valence-electron chi connectivity index (χ0n) is 15.7. The van der Waals surface area contributed by atoms with Gasteiger partial charge in [-0.1, -0.05) is 33.2 Å². The zero-order valence-corrected chi connectivity index (χ0v) is 17.3. The zero-order chi connectivity index (χ0) is 20.2. The van der Waals surface area contributed by atoms with Crippen LogP contribution in [0.1, 0.15) is 12.3 Å². The highest BCUT2D eigenvalue weighted by Crippen LogP contribution is 2.21. The molecule has 2 aromatic carbocycles. The fourth-order valence-electron chi connectivity index (χ4n) is 3.35. The van der Waals surface area contributed by atoms with E-state index >= 15 is 0 Å². The van der Waals surface area contributed by atoms with E-state index in [1.807, 2.05) is 40.1 Å². The number of para-hydroxylation sites is 1. The van der Waals surface area contributed by atoms with Gasteiger partial charge in [0.2, 0.25) is 17.6 Å². The Hall–Kier alpha value is -2.74.